The summed E-state index contributed by atoms with van der Waals surface area (Å²) in [6.45, 7) is 8.35. The average molecular weight is 448 g/mol. The topological polar surface area (TPSA) is 118 Å². The van der Waals surface area contributed by atoms with Crippen molar-refractivity contribution in [3.05, 3.63) is 17.5 Å². The molecule has 6 atom stereocenters. The van der Waals surface area contributed by atoms with Gasteiger partial charge in [-0.05, 0) is 40.0 Å². The molecule has 10 heteroatoms. The Hall–Kier alpha value is -2.04. The standard InChI is InChI=1S/C22H33N5O5/c1-13(2)5-6-16-21(3,32-16)19-18(29-4)15(7-8-22(19)12-30-22)31-20(28)27-10-14(11-27)9-17-23-25-26-24-17/h5,14-16,18-19H,6-12H2,1-4H3,(H,23,24,25,26)/t15-,16?,18-,19-,21+,22+/m1/s1. The number of carbonyl (C=O) groups is 1. The number of nitrogens with one attached hydrogen (secondary N) is 1. The zero-order valence-electron chi connectivity index (χ0n) is 19.2. The highest BCUT2D eigenvalue weighted by atomic mass is 16.6. The largest absolute Gasteiger partial charge is 0.443 e. The minimum Gasteiger partial charge on any atom is -0.443 e. The molecule has 3 aliphatic heterocycles. The second-order valence-corrected chi connectivity index (χ2v) is 10.1. The second-order valence-electron chi connectivity index (χ2n) is 10.1. The van der Waals surface area contributed by atoms with Gasteiger partial charge in [0, 0.05) is 32.5 Å². The number of carbonyl (C=O) groups excluding carboxylic acids is 1. The lowest BCUT2D eigenvalue weighted by molar-refractivity contribution is -0.124. The quantitative estimate of drug-likeness (QED) is 0.497. The van der Waals surface area contributed by atoms with Gasteiger partial charge in [0.1, 0.15) is 23.4 Å². The van der Waals surface area contributed by atoms with Gasteiger partial charge in [-0.1, -0.05) is 16.9 Å². The fourth-order valence-corrected chi connectivity index (χ4v) is 5.65. The van der Waals surface area contributed by atoms with Crippen LogP contribution in [0.4, 0.5) is 4.79 Å². The van der Waals surface area contributed by atoms with Crippen molar-refractivity contribution in [1.82, 2.24) is 25.5 Å². The number of H-pyrrole nitrogens is 1. The van der Waals surface area contributed by atoms with E-state index in [1.807, 2.05) is 0 Å². The number of nitrogens with zero attached hydrogens (tertiary/aromatic N) is 4. The fourth-order valence-electron chi connectivity index (χ4n) is 5.65. The van der Waals surface area contributed by atoms with Crippen molar-refractivity contribution >= 4 is 6.09 Å². The Morgan fingerprint density at radius 2 is 2.16 bits per heavy atom. The number of hydrogen-bond acceptors (Lipinski definition) is 8. The van der Waals surface area contributed by atoms with Gasteiger partial charge in [-0.2, -0.15) is 5.21 Å². The minimum absolute atomic E-state index is 0.0319. The first-order valence-corrected chi connectivity index (χ1v) is 11.5. The lowest BCUT2D eigenvalue weighted by Gasteiger charge is -2.44. The summed E-state index contributed by atoms with van der Waals surface area (Å²) in [7, 11) is 1.70. The van der Waals surface area contributed by atoms with E-state index in [4.69, 9.17) is 18.9 Å². The van der Waals surface area contributed by atoms with Crippen LogP contribution in [0.1, 0.15) is 45.9 Å². The summed E-state index contributed by atoms with van der Waals surface area (Å²) in [5.41, 5.74) is 0.733. The molecule has 1 aromatic rings. The van der Waals surface area contributed by atoms with Crippen LogP contribution in [0.15, 0.2) is 11.6 Å². The molecule has 4 aliphatic rings. The molecule has 1 aliphatic carbocycles. The fraction of sp³-hybridized carbons (Fsp3) is 0.818. The van der Waals surface area contributed by atoms with Crippen molar-refractivity contribution in [1.29, 1.82) is 0 Å². The Morgan fingerprint density at radius 3 is 2.78 bits per heavy atom. The first kappa shape index (κ1) is 21.8. The Morgan fingerprint density at radius 1 is 1.38 bits per heavy atom. The molecule has 1 spiro atoms. The number of hydrogen-bond donors (Lipinski definition) is 1. The van der Waals surface area contributed by atoms with Crippen LogP contribution in [-0.4, -0.2) is 87.9 Å². The van der Waals surface area contributed by atoms with Gasteiger partial charge in [-0.3, -0.25) is 0 Å². The molecule has 4 heterocycles. The third kappa shape index (κ3) is 3.92. The van der Waals surface area contributed by atoms with Crippen LogP contribution in [0.3, 0.4) is 0 Å². The number of ether oxygens (including phenoxy) is 4. The molecule has 5 rings (SSSR count). The van der Waals surface area contributed by atoms with E-state index in [2.05, 4.69) is 47.5 Å². The van der Waals surface area contributed by atoms with Crippen LogP contribution in [0.25, 0.3) is 0 Å². The van der Waals surface area contributed by atoms with E-state index >= 15 is 0 Å². The lowest BCUT2D eigenvalue weighted by atomic mass is 9.68. The smallest absolute Gasteiger partial charge is 0.410 e. The van der Waals surface area contributed by atoms with Gasteiger partial charge in [0.2, 0.25) is 0 Å². The van der Waals surface area contributed by atoms with Gasteiger partial charge in [-0.25, -0.2) is 4.79 Å². The number of tetrazole rings is 1. The van der Waals surface area contributed by atoms with Crippen LogP contribution in [0.2, 0.25) is 0 Å². The van der Waals surface area contributed by atoms with E-state index in [0.717, 1.165) is 25.9 Å². The molecular weight excluding hydrogens is 414 g/mol. The van der Waals surface area contributed by atoms with Crippen molar-refractivity contribution in [3.8, 4) is 0 Å². The zero-order chi connectivity index (χ0) is 22.5. The first-order chi connectivity index (χ1) is 15.3. The number of aromatic nitrogens is 4. The molecule has 32 heavy (non-hydrogen) atoms. The monoisotopic (exact) mass is 447 g/mol. The second kappa shape index (κ2) is 8.07. The SMILES string of the molecule is CO[C@@H]1[C@H](OC(=O)N2CC(Cc3nn[nH]n3)C2)CC[C@]2(CO2)[C@H]1[C@@]1(C)OC1CC=C(C)C. The highest BCUT2D eigenvalue weighted by Crippen LogP contribution is 2.59. The van der Waals surface area contributed by atoms with Crippen molar-refractivity contribution < 1.29 is 23.7 Å². The lowest BCUT2D eigenvalue weighted by Crippen LogP contribution is -2.57. The highest BCUT2D eigenvalue weighted by Gasteiger charge is 2.72. The predicted molar refractivity (Wildman–Crippen MR) is 113 cm³/mol. The number of likely N-dealkylation sites (tertiary alicyclic amines) is 1. The highest BCUT2D eigenvalue weighted by molar-refractivity contribution is 5.69. The van der Waals surface area contributed by atoms with E-state index in [-0.39, 0.29) is 41.5 Å². The molecule has 1 saturated carbocycles. The molecule has 1 N–H and O–H groups in total. The molecular formula is C22H33N5O5. The molecule has 10 nitrogen and oxygen atoms in total. The molecule has 1 unspecified atom stereocenters. The Labute approximate surface area is 188 Å². The maximum absolute atomic E-state index is 12.8. The summed E-state index contributed by atoms with van der Waals surface area (Å²) in [5.74, 6) is 1.03. The number of methoxy groups -OCH3 is 1. The summed E-state index contributed by atoms with van der Waals surface area (Å²) >= 11 is 0. The third-order valence-corrected chi connectivity index (χ3v) is 7.57. The van der Waals surface area contributed by atoms with Gasteiger partial charge >= 0.3 is 6.09 Å². The summed E-state index contributed by atoms with van der Waals surface area (Å²) in [6.07, 6.45) is 4.67. The number of epoxide rings is 2. The van der Waals surface area contributed by atoms with Crippen molar-refractivity contribution in [2.45, 2.75) is 76.0 Å². The van der Waals surface area contributed by atoms with Crippen LogP contribution in [0.5, 0.6) is 0 Å². The van der Waals surface area contributed by atoms with Crippen molar-refractivity contribution in [2.75, 3.05) is 26.8 Å². The molecule has 0 bridgehead atoms. The Bertz CT molecular complexity index is 862. The maximum atomic E-state index is 12.8. The van der Waals surface area contributed by atoms with Gasteiger partial charge in [0.15, 0.2) is 5.82 Å². The van der Waals surface area contributed by atoms with Gasteiger partial charge in [-0.15, -0.1) is 10.2 Å². The Kier molecular flexibility index (Phi) is 5.50. The predicted octanol–water partition coefficient (Wildman–Crippen LogP) is 1.89. The summed E-state index contributed by atoms with van der Waals surface area (Å²) in [5, 5.41) is 14.0. The summed E-state index contributed by atoms with van der Waals surface area (Å²) < 4.78 is 24.1. The van der Waals surface area contributed by atoms with E-state index in [9.17, 15) is 4.79 Å². The molecule has 3 saturated heterocycles. The first-order valence-electron chi connectivity index (χ1n) is 11.5. The molecule has 1 amide bonds. The average Bonchev–Trinajstić information content (AvgIpc) is 3.57. The summed E-state index contributed by atoms with van der Waals surface area (Å²) in [4.78, 5) is 14.6. The molecule has 0 radical (unpaired) electrons. The van der Waals surface area contributed by atoms with E-state index in [1.165, 1.54) is 5.57 Å². The molecule has 0 aromatic carbocycles. The van der Waals surface area contributed by atoms with Gasteiger partial charge in [0.25, 0.3) is 0 Å². The number of aromatic amines is 1. The third-order valence-electron chi connectivity index (χ3n) is 7.57. The number of amides is 1. The zero-order valence-corrected chi connectivity index (χ0v) is 19.2. The van der Waals surface area contributed by atoms with E-state index < -0.39 is 0 Å². The Balaban J connectivity index is 1.21. The molecule has 176 valence electrons. The van der Waals surface area contributed by atoms with Crippen LogP contribution < -0.4 is 0 Å². The van der Waals surface area contributed by atoms with E-state index in [0.29, 0.717) is 31.3 Å². The van der Waals surface area contributed by atoms with Crippen molar-refractivity contribution in [2.24, 2.45) is 11.8 Å². The van der Waals surface area contributed by atoms with Gasteiger partial charge < -0.3 is 23.8 Å². The minimum atomic E-state index is -0.333. The van der Waals surface area contributed by atoms with E-state index in [1.54, 1.807) is 12.0 Å². The number of allylic oxidation sites excluding steroid dienone is 1. The van der Waals surface area contributed by atoms with Crippen LogP contribution in [-0.2, 0) is 25.4 Å². The van der Waals surface area contributed by atoms with Crippen LogP contribution in [0, 0.1) is 11.8 Å². The molecule has 4 fully saturated rings. The number of rotatable bonds is 7. The molecule has 1 aromatic heterocycles. The maximum Gasteiger partial charge on any atom is 0.410 e. The van der Waals surface area contributed by atoms with Crippen LogP contribution >= 0.6 is 0 Å². The van der Waals surface area contributed by atoms with Gasteiger partial charge in [0.05, 0.1) is 18.6 Å². The normalized spacial score (nSPS) is 38.3. The summed E-state index contributed by atoms with van der Waals surface area (Å²) in [6, 6.07) is 0. The van der Waals surface area contributed by atoms with Crippen molar-refractivity contribution in [3.63, 3.8) is 0 Å².